The summed E-state index contributed by atoms with van der Waals surface area (Å²) in [5.74, 6) is 7.35. The molecule has 1 N–H and O–H groups in total. The third kappa shape index (κ3) is 3.15. The summed E-state index contributed by atoms with van der Waals surface area (Å²) in [6, 6.07) is 8.56. The highest BCUT2D eigenvalue weighted by molar-refractivity contribution is 5.39. The zero-order chi connectivity index (χ0) is 13.8. The number of aliphatic hydroxyl groups excluding tert-OH is 1. The van der Waals surface area contributed by atoms with Crippen molar-refractivity contribution in [1.82, 2.24) is 4.90 Å². The quantitative estimate of drug-likeness (QED) is 0.849. The predicted molar refractivity (Wildman–Crippen MR) is 78.6 cm³/mol. The minimum absolute atomic E-state index is 0.109. The van der Waals surface area contributed by atoms with E-state index in [4.69, 9.17) is 9.84 Å². The topological polar surface area (TPSA) is 32.7 Å². The highest BCUT2D eigenvalue weighted by Crippen LogP contribution is 2.36. The molecule has 1 aromatic rings. The SMILES string of the molecule is OCC#Cc1cccc(OCCN2CC3CCC2C3)c1. The van der Waals surface area contributed by atoms with Crippen LogP contribution in [0.15, 0.2) is 24.3 Å². The van der Waals surface area contributed by atoms with Gasteiger partial charge in [-0.25, -0.2) is 0 Å². The second kappa shape index (κ2) is 6.30. The van der Waals surface area contributed by atoms with Gasteiger partial charge in [-0.2, -0.15) is 0 Å². The van der Waals surface area contributed by atoms with Crippen molar-refractivity contribution in [3.05, 3.63) is 29.8 Å². The molecule has 2 fully saturated rings. The zero-order valence-electron chi connectivity index (χ0n) is 11.7. The minimum atomic E-state index is -0.109. The Balaban J connectivity index is 1.48. The first-order valence-corrected chi connectivity index (χ1v) is 7.42. The van der Waals surface area contributed by atoms with Gasteiger partial charge >= 0.3 is 0 Å². The summed E-state index contributed by atoms with van der Waals surface area (Å²) in [7, 11) is 0. The molecule has 106 valence electrons. The van der Waals surface area contributed by atoms with E-state index in [-0.39, 0.29) is 6.61 Å². The molecule has 3 nitrogen and oxygen atoms in total. The van der Waals surface area contributed by atoms with E-state index >= 15 is 0 Å². The molecule has 1 aliphatic carbocycles. The summed E-state index contributed by atoms with van der Waals surface area (Å²) in [5, 5.41) is 8.70. The average molecular weight is 271 g/mol. The third-order valence-electron chi connectivity index (χ3n) is 4.32. The molecule has 3 heteroatoms. The lowest BCUT2D eigenvalue weighted by Crippen LogP contribution is -2.35. The Hall–Kier alpha value is -1.50. The van der Waals surface area contributed by atoms with Crippen molar-refractivity contribution >= 4 is 0 Å². The Morgan fingerprint density at radius 2 is 2.30 bits per heavy atom. The van der Waals surface area contributed by atoms with Crippen LogP contribution in [0.4, 0.5) is 0 Å². The molecule has 1 heterocycles. The third-order valence-corrected chi connectivity index (χ3v) is 4.32. The molecule has 2 unspecified atom stereocenters. The van der Waals surface area contributed by atoms with Gasteiger partial charge in [-0.15, -0.1) is 0 Å². The van der Waals surface area contributed by atoms with Crippen LogP contribution >= 0.6 is 0 Å². The molecule has 0 spiro atoms. The Labute approximate surface area is 120 Å². The van der Waals surface area contributed by atoms with Gasteiger partial charge in [0.1, 0.15) is 19.0 Å². The number of aliphatic hydroxyl groups is 1. The van der Waals surface area contributed by atoms with Gasteiger partial charge in [-0.1, -0.05) is 17.9 Å². The Morgan fingerprint density at radius 1 is 1.35 bits per heavy atom. The molecule has 1 saturated heterocycles. The summed E-state index contributed by atoms with van der Waals surface area (Å²) in [5.41, 5.74) is 0.886. The van der Waals surface area contributed by atoms with Crippen molar-refractivity contribution < 1.29 is 9.84 Å². The Morgan fingerprint density at radius 3 is 3.05 bits per heavy atom. The van der Waals surface area contributed by atoms with Gasteiger partial charge in [0.25, 0.3) is 0 Å². The average Bonchev–Trinajstić information content (AvgIpc) is 3.08. The molecular formula is C17H21NO2. The lowest BCUT2D eigenvalue weighted by Gasteiger charge is -2.26. The van der Waals surface area contributed by atoms with Gasteiger partial charge in [0, 0.05) is 24.7 Å². The molecule has 1 aromatic carbocycles. The number of nitrogens with zero attached hydrogens (tertiary/aromatic N) is 1. The first kappa shape index (κ1) is 13.5. The monoisotopic (exact) mass is 271 g/mol. The summed E-state index contributed by atoms with van der Waals surface area (Å²) < 4.78 is 5.82. The van der Waals surface area contributed by atoms with E-state index < -0.39 is 0 Å². The Bertz CT molecular complexity index is 517. The van der Waals surface area contributed by atoms with Gasteiger partial charge in [0.05, 0.1) is 0 Å². The van der Waals surface area contributed by atoms with Gasteiger partial charge in [-0.3, -0.25) is 4.90 Å². The Kier molecular flexibility index (Phi) is 4.25. The smallest absolute Gasteiger partial charge is 0.120 e. The molecule has 1 aliphatic heterocycles. The van der Waals surface area contributed by atoms with Gasteiger partial charge in [0.2, 0.25) is 0 Å². The fourth-order valence-corrected chi connectivity index (χ4v) is 3.39. The van der Waals surface area contributed by atoms with E-state index in [1.807, 2.05) is 24.3 Å². The highest BCUT2D eigenvalue weighted by Gasteiger charge is 2.37. The van der Waals surface area contributed by atoms with Gasteiger partial charge in [0.15, 0.2) is 0 Å². The number of likely N-dealkylation sites (tertiary alicyclic amines) is 1. The summed E-state index contributed by atoms with van der Waals surface area (Å²) >= 11 is 0. The largest absolute Gasteiger partial charge is 0.492 e. The molecule has 0 radical (unpaired) electrons. The standard InChI is InChI=1S/C17H21NO2/c19-9-2-4-14-3-1-5-17(12-14)20-10-8-18-13-15-6-7-16(18)11-15/h1,3,5,12,15-16,19H,6-11,13H2. The van der Waals surface area contributed by atoms with Gasteiger partial charge < -0.3 is 9.84 Å². The molecule has 0 aromatic heterocycles. The van der Waals surface area contributed by atoms with Crippen LogP contribution in [0.2, 0.25) is 0 Å². The van der Waals surface area contributed by atoms with E-state index in [2.05, 4.69) is 16.7 Å². The van der Waals surface area contributed by atoms with Crippen molar-refractivity contribution in [1.29, 1.82) is 0 Å². The van der Waals surface area contributed by atoms with Crippen LogP contribution in [0.25, 0.3) is 0 Å². The second-order valence-electron chi connectivity index (χ2n) is 5.66. The van der Waals surface area contributed by atoms with E-state index in [1.165, 1.54) is 25.8 Å². The molecule has 0 amide bonds. The normalized spacial score (nSPS) is 24.4. The minimum Gasteiger partial charge on any atom is -0.492 e. The van der Waals surface area contributed by atoms with Crippen molar-refractivity contribution in [3.63, 3.8) is 0 Å². The van der Waals surface area contributed by atoms with E-state index in [0.717, 1.165) is 36.4 Å². The van der Waals surface area contributed by atoms with Crippen LogP contribution in [-0.2, 0) is 0 Å². The van der Waals surface area contributed by atoms with E-state index in [1.54, 1.807) is 0 Å². The number of benzene rings is 1. The number of hydrogen-bond acceptors (Lipinski definition) is 3. The lowest BCUT2D eigenvalue weighted by atomic mass is 10.1. The second-order valence-corrected chi connectivity index (χ2v) is 5.66. The maximum Gasteiger partial charge on any atom is 0.120 e. The van der Waals surface area contributed by atoms with Gasteiger partial charge in [-0.05, 0) is 43.4 Å². The predicted octanol–water partition coefficient (Wildman–Crippen LogP) is 1.89. The number of piperidine rings is 1. The molecule has 2 aliphatic rings. The van der Waals surface area contributed by atoms with Crippen LogP contribution in [0, 0.1) is 17.8 Å². The molecule has 20 heavy (non-hydrogen) atoms. The fourth-order valence-electron chi connectivity index (χ4n) is 3.39. The van der Waals surface area contributed by atoms with Crippen LogP contribution < -0.4 is 4.74 Å². The summed E-state index contributed by atoms with van der Waals surface area (Å²) in [6.07, 6.45) is 4.19. The molecule has 2 atom stereocenters. The van der Waals surface area contributed by atoms with Crippen molar-refractivity contribution in [2.45, 2.75) is 25.3 Å². The summed E-state index contributed by atoms with van der Waals surface area (Å²) in [6.45, 7) is 2.91. The molecule has 1 saturated carbocycles. The number of ether oxygens (including phenoxy) is 1. The van der Waals surface area contributed by atoms with Crippen molar-refractivity contribution in [2.75, 3.05) is 26.3 Å². The zero-order valence-corrected chi connectivity index (χ0v) is 11.7. The van der Waals surface area contributed by atoms with E-state index in [0.29, 0.717) is 0 Å². The maximum atomic E-state index is 8.70. The molecular weight excluding hydrogens is 250 g/mol. The van der Waals surface area contributed by atoms with Crippen LogP contribution in [0.1, 0.15) is 24.8 Å². The maximum absolute atomic E-state index is 8.70. The number of fused-ring (bicyclic) bond motifs is 2. The van der Waals surface area contributed by atoms with Crippen LogP contribution in [0.5, 0.6) is 5.75 Å². The van der Waals surface area contributed by atoms with E-state index in [9.17, 15) is 0 Å². The van der Waals surface area contributed by atoms with Crippen LogP contribution in [0.3, 0.4) is 0 Å². The number of hydrogen-bond donors (Lipinski definition) is 1. The lowest BCUT2D eigenvalue weighted by molar-refractivity contribution is 0.172. The van der Waals surface area contributed by atoms with Crippen molar-refractivity contribution in [3.8, 4) is 17.6 Å². The fraction of sp³-hybridized carbons (Fsp3) is 0.529. The molecule has 3 rings (SSSR count). The number of rotatable bonds is 4. The highest BCUT2D eigenvalue weighted by atomic mass is 16.5. The van der Waals surface area contributed by atoms with Crippen LogP contribution in [-0.4, -0.2) is 42.4 Å². The van der Waals surface area contributed by atoms with Crippen molar-refractivity contribution in [2.24, 2.45) is 5.92 Å². The first-order chi connectivity index (χ1) is 9.85. The first-order valence-electron chi connectivity index (χ1n) is 7.42. The summed E-state index contributed by atoms with van der Waals surface area (Å²) in [4.78, 5) is 2.57. The molecule has 2 bridgehead atoms.